The predicted molar refractivity (Wildman–Crippen MR) is 104 cm³/mol. The summed E-state index contributed by atoms with van der Waals surface area (Å²) in [5.41, 5.74) is 3.63. The summed E-state index contributed by atoms with van der Waals surface area (Å²) in [7, 11) is 0. The molecule has 2 bridgehead atoms. The molecule has 0 saturated carbocycles. The minimum absolute atomic E-state index is 0.0984. The molecule has 0 radical (unpaired) electrons. The Labute approximate surface area is 160 Å². The summed E-state index contributed by atoms with van der Waals surface area (Å²) in [4.78, 5) is 26.3. The molecule has 5 nitrogen and oxygen atoms in total. The summed E-state index contributed by atoms with van der Waals surface area (Å²) >= 11 is 0. The average molecular weight is 362 g/mol. The van der Waals surface area contributed by atoms with Crippen molar-refractivity contribution in [3.63, 3.8) is 0 Å². The molecule has 1 aromatic carbocycles. The van der Waals surface area contributed by atoms with Crippen LogP contribution in [0.5, 0.6) is 0 Å². The zero-order chi connectivity index (χ0) is 18.4. The van der Waals surface area contributed by atoms with E-state index in [4.69, 9.17) is 0 Å². The Kier molecular flexibility index (Phi) is 4.20. The quantitative estimate of drug-likeness (QED) is 0.824. The number of amides is 1. The van der Waals surface area contributed by atoms with E-state index in [1.165, 1.54) is 17.5 Å². The second-order valence-corrected chi connectivity index (χ2v) is 8.36. The van der Waals surface area contributed by atoms with Crippen molar-refractivity contribution < 1.29 is 4.79 Å². The molecule has 4 heterocycles. The minimum Gasteiger partial charge on any atom is -0.334 e. The third-order valence-corrected chi connectivity index (χ3v) is 6.58. The Hall–Kier alpha value is -2.27. The summed E-state index contributed by atoms with van der Waals surface area (Å²) in [6, 6.07) is 9.74. The number of benzene rings is 1. The van der Waals surface area contributed by atoms with Gasteiger partial charge in [0.1, 0.15) is 5.82 Å². The summed E-state index contributed by atoms with van der Waals surface area (Å²) in [6.45, 7) is 4.82. The first-order chi connectivity index (χ1) is 13.2. The van der Waals surface area contributed by atoms with Crippen molar-refractivity contribution >= 4 is 5.91 Å². The standard InChI is InChI=1S/C22H26N4O/c1-15-23-10-19(11-24-15)22(27)26-13-16-6-7-20(26)14-25(12-16)21-8-17-4-2-3-5-18(17)9-21/h2-5,10-11,16,20-21H,6-9,12-14H2,1H3/t16-,20+/m0/s1. The molecule has 3 fully saturated rings. The molecule has 5 heteroatoms. The van der Waals surface area contributed by atoms with Crippen LogP contribution in [0.2, 0.25) is 0 Å². The smallest absolute Gasteiger partial charge is 0.257 e. The van der Waals surface area contributed by atoms with Crippen LogP contribution >= 0.6 is 0 Å². The van der Waals surface area contributed by atoms with Gasteiger partial charge < -0.3 is 4.90 Å². The molecule has 0 spiro atoms. The van der Waals surface area contributed by atoms with Crippen LogP contribution in [0.15, 0.2) is 36.7 Å². The van der Waals surface area contributed by atoms with Gasteiger partial charge in [0, 0.05) is 44.1 Å². The summed E-state index contributed by atoms with van der Waals surface area (Å²) < 4.78 is 0. The second-order valence-electron chi connectivity index (χ2n) is 8.36. The number of carbonyl (C=O) groups is 1. The van der Waals surface area contributed by atoms with Gasteiger partial charge in [0.2, 0.25) is 0 Å². The van der Waals surface area contributed by atoms with Crippen LogP contribution in [-0.2, 0) is 12.8 Å². The van der Waals surface area contributed by atoms with Crippen molar-refractivity contribution in [2.45, 2.75) is 44.7 Å². The highest BCUT2D eigenvalue weighted by Crippen LogP contribution is 2.33. The molecule has 27 heavy (non-hydrogen) atoms. The summed E-state index contributed by atoms with van der Waals surface area (Å²) in [5.74, 6) is 1.37. The van der Waals surface area contributed by atoms with Crippen molar-refractivity contribution in [2.75, 3.05) is 19.6 Å². The summed E-state index contributed by atoms with van der Waals surface area (Å²) in [5, 5.41) is 0. The Bertz CT molecular complexity index is 825. The normalized spacial score (nSPS) is 25.4. The molecule has 1 amide bonds. The molecule has 0 unspecified atom stereocenters. The molecule has 140 valence electrons. The lowest BCUT2D eigenvalue weighted by molar-refractivity contribution is 0.0580. The molecule has 0 N–H and O–H groups in total. The van der Waals surface area contributed by atoms with E-state index in [-0.39, 0.29) is 5.91 Å². The molecular weight excluding hydrogens is 336 g/mol. The van der Waals surface area contributed by atoms with Crippen LogP contribution in [0.3, 0.4) is 0 Å². The number of nitrogens with zero attached hydrogens (tertiary/aromatic N) is 4. The molecular formula is C22H26N4O. The van der Waals surface area contributed by atoms with E-state index in [0.29, 0.717) is 29.4 Å². The van der Waals surface area contributed by atoms with Crippen LogP contribution in [0.4, 0.5) is 0 Å². The van der Waals surface area contributed by atoms with E-state index in [1.807, 2.05) is 6.92 Å². The number of carbonyl (C=O) groups excluding carboxylic acids is 1. The molecule has 3 aliphatic heterocycles. The van der Waals surface area contributed by atoms with Gasteiger partial charge in [-0.1, -0.05) is 24.3 Å². The molecule has 1 aromatic heterocycles. The molecule has 2 atom stereocenters. The molecule has 3 saturated heterocycles. The fraction of sp³-hybridized carbons (Fsp3) is 0.500. The lowest BCUT2D eigenvalue weighted by Crippen LogP contribution is -2.48. The molecule has 4 aliphatic rings. The van der Waals surface area contributed by atoms with Gasteiger partial charge in [-0.3, -0.25) is 9.69 Å². The SMILES string of the molecule is Cc1ncc(C(=O)N2C[C@H]3CC[C@@H]2CN(C2Cc4ccccc4C2)C3)cn1. The third-order valence-electron chi connectivity index (χ3n) is 6.58. The molecule has 2 aromatic rings. The largest absolute Gasteiger partial charge is 0.334 e. The van der Waals surface area contributed by atoms with E-state index in [2.05, 4.69) is 44.0 Å². The number of piperidine rings is 1. The monoisotopic (exact) mass is 362 g/mol. The fourth-order valence-corrected chi connectivity index (χ4v) is 5.13. The van der Waals surface area contributed by atoms with Gasteiger partial charge in [-0.15, -0.1) is 0 Å². The van der Waals surface area contributed by atoms with Crippen LogP contribution < -0.4 is 0 Å². The maximum atomic E-state index is 13.1. The van der Waals surface area contributed by atoms with Gasteiger partial charge in [-0.25, -0.2) is 9.97 Å². The highest BCUT2D eigenvalue weighted by molar-refractivity contribution is 5.94. The first-order valence-electron chi connectivity index (χ1n) is 10.1. The third kappa shape index (κ3) is 3.14. The molecule has 1 aliphatic carbocycles. The average Bonchev–Trinajstić information content (AvgIpc) is 2.91. The lowest BCUT2D eigenvalue weighted by Gasteiger charge is -2.36. The first-order valence-corrected chi connectivity index (χ1v) is 10.1. The van der Waals surface area contributed by atoms with E-state index < -0.39 is 0 Å². The van der Waals surface area contributed by atoms with Gasteiger partial charge >= 0.3 is 0 Å². The zero-order valence-corrected chi connectivity index (χ0v) is 15.8. The van der Waals surface area contributed by atoms with E-state index in [0.717, 1.165) is 38.9 Å². The number of aryl methyl sites for hydroxylation is 1. The van der Waals surface area contributed by atoms with Crippen LogP contribution in [-0.4, -0.2) is 57.4 Å². The Morgan fingerprint density at radius 1 is 0.963 bits per heavy atom. The highest BCUT2D eigenvalue weighted by Gasteiger charge is 2.40. The number of rotatable bonds is 2. The van der Waals surface area contributed by atoms with Crippen molar-refractivity contribution in [3.8, 4) is 0 Å². The Balaban J connectivity index is 1.33. The van der Waals surface area contributed by atoms with Crippen molar-refractivity contribution in [1.29, 1.82) is 0 Å². The van der Waals surface area contributed by atoms with E-state index in [9.17, 15) is 4.79 Å². The van der Waals surface area contributed by atoms with Gasteiger partial charge in [-0.05, 0) is 49.7 Å². The summed E-state index contributed by atoms with van der Waals surface area (Å²) in [6.07, 6.45) is 7.99. The van der Waals surface area contributed by atoms with Crippen LogP contribution in [0.1, 0.15) is 40.2 Å². The van der Waals surface area contributed by atoms with Gasteiger partial charge in [0.15, 0.2) is 0 Å². The number of fused-ring (bicyclic) bond motifs is 5. The molecule has 6 rings (SSSR count). The van der Waals surface area contributed by atoms with Crippen molar-refractivity contribution in [3.05, 3.63) is 59.2 Å². The zero-order valence-electron chi connectivity index (χ0n) is 15.8. The van der Waals surface area contributed by atoms with Crippen molar-refractivity contribution in [2.24, 2.45) is 5.92 Å². The van der Waals surface area contributed by atoms with Crippen LogP contribution in [0, 0.1) is 12.8 Å². The Morgan fingerprint density at radius 3 is 2.37 bits per heavy atom. The van der Waals surface area contributed by atoms with E-state index in [1.54, 1.807) is 12.4 Å². The lowest BCUT2D eigenvalue weighted by atomic mass is 9.94. The van der Waals surface area contributed by atoms with E-state index >= 15 is 0 Å². The maximum Gasteiger partial charge on any atom is 0.257 e. The Morgan fingerprint density at radius 2 is 1.67 bits per heavy atom. The predicted octanol–water partition coefficient (Wildman–Crippen LogP) is 2.49. The second kappa shape index (κ2) is 6.71. The number of hydrogen-bond acceptors (Lipinski definition) is 4. The van der Waals surface area contributed by atoms with Gasteiger partial charge in [-0.2, -0.15) is 0 Å². The minimum atomic E-state index is 0.0984. The maximum absolute atomic E-state index is 13.1. The fourth-order valence-electron chi connectivity index (χ4n) is 5.13. The van der Waals surface area contributed by atoms with Crippen molar-refractivity contribution in [1.82, 2.24) is 19.8 Å². The number of aromatic nitrogens is 2. The highest BCUT2D eigenvalue weighted by atomic mass is 16.2. The topological polar surface area (TPSA) is 49.3 Å². The first kappa shape index (κ1) is 16.9. The van der Waals surface area contributed by atoms with Crippen LogP contribution in [0.25, 0.3) is 0 Å². The number of hydrogen-bond donors (Lipinski definition) is 0. The van der Waals surface area contributed by atoms with Gasteiger partial charge in [0.25, 0.3) is 5.91 Å². The van der Waals surface area contributed by atoms with Gasteiger partial charge in [0.05, 0.1) is 5.56 Å².